The van der Waals surface area contributed by atoms with Crippen LogP contribution in [0.3, 0.4) is 0 Å². The molecule has 1 N–H and O–H groups in total. The molecule has 10 heteroatoms. The lowest BCUT2D eigenvalue weighted by Crippen LogP contribution is -2.36. The number of esters is 1. The molecule has 0 radical (unpaired) electrons. The van der Waals surface area contributed by atoms with Gasteiger partial charge in [0.2, 0.25) is 0 Å². The lowest BCUT2D eigenvalue weighted by atomic mass is 10.1. The number of para-hydroxylation sites is 1. The van der Waals surface area contributed by atoms with Crippen LogP contribution in [0.1, 0.15) is 39.6 Å². The Labute approximate surface area is 184 Å². The van der Waals surface area contributed by atoms with Crippen molar-refractivity contribution < 1.29 is 14.3 Å². The second-order valence-corrected chi connectivity index (χ2v) is 7.40. The first-order valence-corrected chi connectivity index (χ1v) is 10.0. The van der Waals surface area contributed by atoms with E-state index in [1.165, 1.54) is 24.2 Å². The van der Waals surface area contributed by atoms with Crippen molar-refractivity contribution in [2.24, 2.45) is 0 Å². The number of likely N-dealkylation sites (tertiary alicyclic amines) is 1. The van der Waals surface area contributed by atoms with Crippen molar-refractivity contribution >= 4 is 17.7 Å². The summed E-state index contributed by atoms with van der Waals surface area (Å²) in [5, 5.41) is 20.9. The molecule has 0 spiro atoms. The number of amides is 1. The maximum Gasteiger partial charge on any atom is 0.342 e. The van der Waals surface area contributed by atoms with Crippen molar-refractivity contribution in [2.45, 2.75) is 25.4 Å². The molecule has 1 unspecified atom stereocenters. The summed E-state index contributed by atoms with van der Waals surface area (Å²) < 4.78 is 4.82. The number of hydrogen-bond acceptors (Lipinski definition) is 8. The van der Waals surface area contributed by atoms with Gasteiger partial charge in [-0.3, -0.25) is 4.79 Å². The summed E-state index contributed by atoms with van der Waals surface area (Å²) in [7, 11) is 1.25. The van der Waals surface area contributed by atoms with E-state index in [9.17, 15) is 14.9 Å². The number of carbonyl (C=O) groups is 2. The van der Waals surface area contributed by atoms with Crippen molar-refractivity contribution in [1.82, 2.24) is 24.9 Å². The van der Waals surface area contributed by atoms with Crippen LogP contribution >= 0.6 is 0 Å². The highest BCUT2D eigenvalue weighted by Gasteiger charge is 2.35. The molecule has 3 heterocycles. The van der Waals surface area contributed by atoms with Crippen molar-refractivity contribution in [3.8, 4) is 11.8 Å². The van der Waals surface area contributed by atoms with Gasteiger partial charge in [0, 0.05) is 24.8 Å². The van der Waals surface area contributed by atoms with Crippen LogP contribution in [0.25, 0.3) is 5.69 Å². The van der Waals surface area contributed by atoms with Crippen LogP contribution < -0.4 is 5.32 Å². The van der Waals surface area contributed by atoms with E-state index in [1.54, 1.807) is 35.5 Å². The number of methoxy groups -OCH3 is 1. The molecular formula is C22H21N7O3. The molecule has 32 heavy (non-hydrogen) atoms. The predicted octanol–water partition coefficient (Wildman–Crippen LogP) is 2.04. The number of carbonyl (C=O) groups excluding carboxylic acids is 2. The third kappa shape index (κ3) is 3.88. The standard InChI is InChI=1S/C22H21N7O3/c1-14-11-16(27-20-19(22(31)32-2)15(12-23)7-8-24-20)13-28(14)21(30)17-5-3-4-6-18(17)29-25-9-10-26-29/h3-10,14,16H,11,13H2,1-2H3,(H,24,27)/t14-,16?/m1/s1. The molecule has 1 aliphatic rings. The first kappa shape index (κ1) is 21.0. The van der Waals surface area contributed by atoms with Crippen LogP contribution in [0, 0.1) is 11.3 Å². The molecule has 0 bridgehead atoms. The summed E-state index contributed by atoms with van der Waals surface area (Å²) in [6, 6.07) is 10.4. The Hall–Kier alpha value is -4.26. The van der Waals surface area contributed by atoms with E-state index in [1.807, 2.05) is 19.1 Å². The first-order chi connectivity index (χ1) is 15.5. The summed E-state index contributed by atoms with van der Waals surface area (Å²) in [5.74, 6) is -0.512. The van der Waals surface area contributed by atoms with E-state index in [-0.39, 0.29) is 34.9 Å². The molecule has 0 aliphatic carbocycles. The van der Waals surface area contributed by atoms with E-state index in [4.69, 9.17) is 4.74 Å². The zero-order valence-corrected chi connectivity index (χ0v) is 17.6. The maximum atomic E-state index is 13.4. The molecule has 1 aromatic carbocycles. The molecule has 1 amide bonds. The Bertz CT molecular complexity index is 1190. The minimum atomic E-state index is -0.642. The zero-order chi connectivity index (χ0) is 22.7. The molecule has 2 aromatic heterocycles. The predicted molar refractivity (Wildman–Crippen MR) is 114 cm³/mol. The molecule has 0 saturated carbocycles. The van der Waals surface area contributed by atoms with Gasteiger partial charge < -0.3 is 15.0 Å². The number of ether oxygens (including phenoxy) is 1. The molecule has 2 atom stereocenters. The average Bonchev–Trinajstić information content (AvgIpc) is 3.48. The number of nitrogens with one attached hydrogen (secondary N) is 1. The Morgan fingerprint density at radius 1 is 1.19 bits per heavy atom. The lowest BCUT2D eigenvalue weighted by molar-refractivity contribution is 0.0600. The van der Waals surface area contributed by atoms with Gasteiger partial charge in [-0.25, -0.2) is 9.78 Å². The second-order valence-electron chi connectivity index (χ2n) is 7.40. The molecule has 1 saturated heterocycles. The molecular weight excluding hydrogens is 410 g/mol. The Morgan fingerprint density at radius 3 is 2.66 bits per heavy atom. The normalized spacial score (nSPS) is 17.6. The Balaban J connectivity index is 1.57. The summed E-state index contributed by atoms with van der Waals surface area (Å²) in [6.07, 6.45) is 5.22. The van der Waals surface area contributed by atoms with Crippen molar-refractivity contribution in [3.63, 3.8) is 0 Å². The smallest absolute Gasteiger partial charge is 0.342 e. The highest BCUT2D eigenvalue weighted by atomic mass is 16.5. The summed E-state index contributed by atoms with van der Waals surface area (Å²) in [4.78, 5) is 33.0. The van der Waals surface area contributed by atoms with E-state index in [2.05, 4.69) is 20.5 Å². The highest BCUT2D eigenvalue weighted by Crippen LogP contribution is 2.26. The fourth-order valence-electron chi connectivity index (χ4n) is 3.91. The van der Waals surface area contributed by atoms with Gasteiger partial charge in [-0.15, -0.1) is 0 Å². The van der Waals surface area contributed by atoms with Gasteiger partial charge in [0.25, 0.3) is 5.91 Å². The molecule has 3 aromatic rings. The van der Waals surface area contributed by atoms with Crippen molar-refractivity contribution in [3.05, 3.63) is 65.6 Å². The van der Waals surface area contributed by atoms with Gasteiger partial charge in [-0.2, -0.15) is 20.3 Å². The monoisotopic (exact) mass is 431 g/mol. The number of nitriles is 1. The fraction of sp³-hybridized carbons (Fsp3) is 0.273. The number of pyridine rings is 1. The summed E-state index contributed by atoms with van der Waals surface area (Å²) >= 11 is 0. The minimum Gasteiger partial charge on any atom is -0.465 e. The quantitative estimate of drug-likeness (QED) is 0.608. The molecule has 162 valence electrons. The molecule has 10 nitrogen and oxygen atoms in total. The SMILES string of the molecule is COC(=O)c1c(C#N)ccnc1NC1C[C@@H](C)N(C(=O)c2ccccc2-n2nccn2)C1. The van der Waals surface area contributed by atoms with Gasteiger partial charge in [-0.1, -0.05) is 12.1 Å². The van der Waals surface area contributed by atoms with E-state index < -0.39 is 5.97 Å². The topological polar surface area (TPSA) is 126 Å². The van der Waals surface area contributed by atoms with Gasteiger partial charge >= 0.3 is 5.97 Å². The van der Waals surface area contributed by atoms with Gasteiger partial charge in [0.15, 0.2) is 0 Å². The third-order valence-corrected chi connectivity index (χ3v) is 5.41. The number of anilines is 1. The summed E-state index contributed by atoms with van der Waals surface area (Å²) in [5.41, 5.74) is 1.36. The molecule has 1 fully saturated rings. The maximum absolute atomic E-state index is 13.4. The van der Waals surface area contributed by atoms with E-state index in [0.29, 0.717) is 24.2 Å². The third-order valence-electron chi connectivity index (χ3n) is 5.41. The number of hydrogen-bond donors (Lipinski definition) is 1. The highest BCUT2D eigenvalue weighted by molar-refractivity contribution is 5.98. The number of benzene rings is 1. The molecule has 1 aliphatic heterocycles. The van der Waals surface area contributed by atoms with Crippen LogP contribution in [0.4, 0.5) is 5.82 Å². The van der Waals surface area contributed by atoms with Crippen LogP contribution in [-0.4, -0.2) is 62.5 Å². The fourth-order valence-corrected chi connectivity index (χ4v) is 3.91. The average molecular weight is 431 g/mol. The first-order valence-electron chi connectivity index (χ1n) is 10.0. The largest absolute Gasteiger partial charge is 0.465 e. The van der Waals surface area contributed by atoms with Crippen molar-refractivity contribution in [2.75, 3.05) is 19.0 Å². The van der Waals surface area contributed by atoms with Crippen molar-refractivity contribution in [1.29, 1.82) is 5.26 Å². The number of nitrogens with zero attached hydrogens (tertiary/aromatic N) is 6. The van der Waals surface area contributed by atoms with Gasteiger partial charge in [0.1, 0.15) is 17.5 Å². The van der Waals surface area contributed by atoms with Gasteiger partial charge in [0.05, 0.1) is 36.3 Å². The van der Waals surface area contributed by atoms with Crippen LogP contribution in [0.2, 0.25) is 0 Å². The number of aromatic nitrogens is 4. The van der Waals surface area contributed by atoms with Gasteiger partial charge in [-0.05, 0) is 31.5 Å². The van der Waals surface area contributed by atoms with Crippen LogP contribution in [0.5, 0.6) is 0 Å². The van der Waals surface area contributed by atoms with E-state index >= 15 is 0 Å². The van der Waals surface area contributed by atoms with Crippen LogP contribution in [0.15, 0.2) is 48.9 Å². The lowest BCUT2D eigenvalue weighted by Gasteiger charge is -2.22. The molecule has 4 rings (SSSR count). The van der Waals surface area contributed by atoms with E-state index in [0.717, 1.165) is 0 Å². The minimum absolute atomic E-state index is 0.0561. The summed E-state index contributed by atoms with van der Waals surface area (Å²) in [6.45, 7) is 2.37. The number of rotatable bonds is 5. The van der Waals surface area contributed by atoms with Crippen LogP contribution in [-0.2, 0) is 4.74 Å². The second kappa shape index (κ2) is 8.85. The zero-order valence-electron chi connectivity index (χ0n) is 17.6. The Kier molecular flexibility index (Phi) is 5.81. The Morgan fingerprint density at radius 2 is 1.94 bits per heavy atom.